The molecular formula is C16H22ClFN2. The maximum Gasteiger partial charge on any atom is 0.151 e. The van der Waals surface area contributed by atoms with Crippen molar-refractivity contribution in [2.45, 2.75) is 46.1 Å². The second kappa shape index (κ2) is 6.57. The minimum atomic E-state index is -0.256. The first-order chi connectivity index (χ1) is 9.63. The van der Waals surface area contributed by atoms with Crippen molar-refractivity contribution in [1.29, 1.82) is 0 Å². The third kappa shape index (κ3) is 2.69. The van der Waals surface area contributed by atoms with Crippen LogP contribution in [0.3, 0.4) is 0 Å². The van der Waals surface area contributed by atoms with E-state index in [1.807, 2.05) is 6.07 Å². The molecule has 0 spiro atoms. The molecule has 0 amide bonds. The van der Waals surface area contributed by atoms with Gasteiger partial charge in [0.1, 0.15) is 11.3 Å². The molecule has 0 aliphatic heterocycles. The van der Waals surface area contributed by atoms with Crippen molar-refractivity contribution in [3.8, 4) is 0 Å². The molecule has 1 unspecified atom stereocenters. The molecule has 0 radical (unpaired) electrons. The number of rotatable bonds is 6. The summed E-state index contributed by atoms with van der Waals surface area (Å²) in [5.74, 6) is 1.69. The number of nitrogens with zero attached hydrogens (tertiary/aromatic N) is 2. The third-order valence-electron chi connectivity index (χ3n) is 4.20. The Labute approximate surface area is 125 Å². The van der Waals surface area contributed by atoms with Crippen LogP contribution in [0.2, 0.25) is 0 Å². The van der Waals surface area contributed by atoms with Crippen molar-refractivity contribution >= 4 is 22.6 Å². The lowest BCUT2D eigenvalue weighted by atomic mass is 9.95. The number of hydrogen-bond donors (Lipinski definition) is 0. The van der Waals surface area contributed by atoms with Crippen LogP contribution in [0.5, 0.6) is 0 Å². The molecule has 110 valence electrons. The van der Waals surface area contributed by atoms with E-state index >= 15 is 0 Å². The van der Waals surface area contributed by atoms with E-state index < -0.39 is 0 Å². The van der Waals surface area contributed by atoms with Gasteiger partial charge in [-0.1, -0.05) is 32.8 Å². The summed E-state index contributed by atoms with van der Waals surface area (Å²) in [7, 11) is 0. The van der Waals surface area contributed by atoms with Crippen molar-refractivity contribution in [2.75, 3.05) is 5.88 Å². The minimum Gasteiger partial charge on any atom is -0.325 e. The predicted octanol–water partition coefficient (Wildman–Crippen LogP) is 4.95. The van der Waals surface area contributed by atoms with Gasteiger partial charge < -0.3 is 4.57 Å². The second-order valence-electron chi connectivity index (χ2n) is 5.26. The zero-order chi connectivity index (χ0) is 14.7. The summed E-state index contributed by atoms with van der Waals surface area (Å²) in [6.45, 7) is 6.60. The van der Waals surface area contributed by atoms with E-state index in [0.717, 1.165) is 24.2 Å². The second-order valence-corrected chi connectivity index (χ2v) is 5.64. The van der Waals surface area contributed by atoms with Gasteiger partial charge in [0.05, 0.1) is 5.52 Å². The maximum atomic E-state index is 13.9. The molecule has 0 aliphatic carbocycles. The summed E-state index contributed by atoms with van der Waals surface area (Å²) < 4.78 is 16.1. The van der Waals surface area contributed by atoms with Gasteiger partial charge in [-0.2, -0.15) is 0 Å². The molecular weight excluding hydrogens is 275 g/mol. The third-order valence-corrected chi connectivity index (χ3v) is 4.39. The number of imidazole rings is 1. The lowest BCUT2D eigenvalue weighted by Gasteiger charge is -2.25. The van der Waals surface area contributed by atoms with Gasteiger partial charge >= 0.3 is 0 Å². The van der Waals surface area contributed by atoms with Crippen LogP contribution < -0.4 is 0 Å². The molecule has 0 N–H and O–H groups in total. The van der Waals surface area contributed by atoms with Crippen LogP contribution in [0.4, 0.5) is 4.39 Å². The van der Waals surface area contributed by atoms with Gasteiger partial charge in [0.15, 0.2) is 5.82 Å². The fraction of sp³-hybridized carbons (Fsp3) is 0.562. The van der Waals surface area contributed by atoms with E-state index in [-0.39, 0.29) is 5.82 Å². The van der Waals surface area contributed by atoms with Crippen LogP contribution in [0, 0.1) is 11.7 Å². The fourth-order valence-corrected chi connectivity index (χ4v) is 3.20. The lowest BCUT2D eigenvalue weighted by Crippen LogP contribution is -2.18. The van der Waals surface area contributed by atoms with Gasteiger partial charge in [0.25, 0.3) is 0 Å². The molecule has 1 aromatic heterocycles. The zero-order valence-corrected chi connectivity index (χ0v) is 13.1. The first kappa shape index (κ1) is 15.3. The van der Waals surface area contributed by atoms with Crippen molar-refractivity contribution in [3.63, 3.8) is 0 Å². The Morgan fingerprint density at radius 2 is 2.00 bits per heavy atom. The molecule has 0 fully saturated rings. The Hall–Kier alpha value is -1.09. The maximum absolute atomic E-state index is 13.9. The molecule has 0 bridgehead atoms. The molecule has 1 heterocycles. The SMILES string of the molecule is CCC(CC)C(C)n1c(CCCl)nc2c(F)cccc21. The molecule has 20 heavy (non-hydrogen) atoms. The number of para-hydroxylation sites is 1. The van der Waals surface area contributed by atoms with Crippen LogP contribution in [-0.2, 0) is 6.42 Å². The van der Waals surface area contributed by atoms with Crippen molar-refractivity contribution < 1.29 is 4.39 Å². The Bertz CT molecular complexity index is 575. The fourth-order valence-electron chi connectivity index (χ4n) is 3.03. The molecule has 2 aromatic rings. The van der Waals surface area contributed by atoms with E-state index in [9.17, 15) is 4.39 Å². The minimum absolute atomic E-state index is 0.256. The molecule has 4 heteroatoms. The average Bonchev–Trinajstić information content (AvgIpc) is 2.80. The smallest absolute Gasteiger partial charge is 0.151 e. The van der Waals surface area contributed by atoms with Crippen LogP contribution in [-0.4, -0.2) is 15.4 Å². The summed E-state index contributed by atoms with van der Waals surface area (Å²) in [6.07, 6.45) is 2.88. The largest absolute Gasteiger partial charge is 0.325 e. The molecule has 0 aliphatic rings. The molecule has 0 saturated carbocycles. The van der Waals surface area contributed by atoms with Crippen LogP contribution in [0.15, 0.2) is 18.2 Å². The first-order valence-corrected chi connectivity index (χ1v) is 7.88. The van der Waals surface area contributed by atoms with Gasteiger partial charge in [-0.3, -0.25) is 0 Å². The highest BCUT2D eigenvalue weighted by Crippen LogP contribution is 2.30. The summed E-state index contributed by atoms with van der Waals surface area (Å²) in [5.41, 5.74) is 1.34. The van der Waals surface area contributed by atoms with Gasteiger partial charge in [-0.25, -0.2) is 9.37 Å². The summed E-state index contributed by atoms with van der Waals surface area (Å²) in [6, 6.07) is 5.46. The normalized spacial score (nSPS) is 13.3. The van der Waals surface area contributed by atoms with Crippen molar-refractivity contribution in [3.05, 3.63) is 29.8 Å². The molecule has 1 atom stereocenters. The highest BCUT2D eigenvalue weighted by Gasteiger charge is 2.22. The van der Waals surface area contributed by atoms with Gasteiger partial charge in [0.2, 0.25) is 0 Å². The van der Waals surface area contributed by atoms with Crippen LogP contribution >= 0.6 is 11.6 Å². The standard InChI is InChI=1S/C16H22ClFN2/c1-4-12(5-2)11(3)20-14-8-6-7-13(18)16(14)19-15(20)9-10-17/h6-8,11-12H,4-5,9-10H2,1-3H3. The van der Waals surface area contributed by atoms with Crippen LogP contribution in [0.1, 0.15) is 45.5 Å². The average molecular weight is 297 g/mol. The predicted molar refractivity (Wildman–Crippen MR) is 82.9 cm³/mol. The van der Waals surface area contributed by atoms with Gasteiger partial charge in [-0.05, 0) is 25.0 Å². The van der Waals surface area contributed by atoms with Gasteiger partial charge in [-0.15, -0.1) is 11.6 Å². The number of aryl methyl sites for hydroxylation is 1. The Balaban J connectivity index is 2.59. The van der Waals surface area contributed by atoms with E-state index in [1.54, 1.807) is 6.07 Å². The number of hydrogen-bond acceptors (Lipinski definition) is 1. The topological polar surface area (TPSA) is 17.8 Å². The number of fused-ring (bicyclic) bond motifs is 1. The van der Waals surface area contributed by atoms with E-state index in [2.05, 4.69) is 30.3 Å². The lowest BCUT2D eigenvalue weighted by molar-refractivity contribution is 0.333. The number of benzene rings is 1. The number of alkyl halides is 1. The monoisotopic (exact) mass is 296 g/mol. The Kier molecular flexibility index (Phi) is 5.03. The highest BCUT2D eigenvalue weighted by molar-refractivity contribution is 6.17. The highest BCUT2D eigenvalue weighted by atomic mass is 35.5. The molecule has 0 saturated heterocycles. The first-order valence-electron chi connectivity index (χ1n) is 7.35. The number of halogens is 2. The zero-order valence-electron chi connectivity index (χ0n) is 12.4. The Morgan fingerprint density at radius 3 is 2.60 bits per heavy atom. The van der Waals surface area contributed by atoms with E-state index in [4.69, 9.17) is 11.6 Å². The van der Waals surface area contributed by atoms with E-state index in [1.165, 1.54) is 6.07 Å². The Morgan fingerprint density at radius 1 is 1.30 bits per heavy atom. The van der Waals surface area contributed by atoms with Crippen molar-refractivity contribution in [1.82, 2.24) is 9.55 Å². The molecule has 2 nitrogen and oxygen atoms in total. The van der Waals surface area contributed by atoms with Crippen LogP contribution in [0.25, 0.3) is 11.0 Å². The quantitative estimate of drug-likeness (QED) is 0.689. The number of aromatic nitrogens is 2. The van der Waals surface area contributed by atoms with Crippen molar-refractivity contribution in [2.24, 2.45) is 5.92 Å². The summed E-state index contributed by atoms with van der Waals surface area (Å²) >= 11 is 5.88. The molecule has 2 rings (SSSR count). The summed E-state index contributed by atoms with van der Waals surface area (Å²) in [4.78, 5) is 4.48. The summed E-state index contributed by atoms with van der Waals surface area (Å²) in [5, 5.41) is 0. The van der Waals surface area contributed by atoms with Gasteiger partial charge in [0, 0.05) is 18.3 Å². The van der Waals surface area contributed by atoms with E-state index in [0.29, 0.717) is 29.8 Å². The molecule has 1 aromatic carbocycles.